The smallest absolute Gasteiger partial charge is 0.294 e. The largest absolute Gasteiger partial charge is 0.482 e. The third-order valence-electron chi connectivity index (χ3n) is 2.68. The van der Waals surface area contributed by atoms with Crippen LogP contribution in [0.3, 0.4) is 0 Å². The Morgan fingerprint density at radius 2 is 2.14 bits per heavy atom. The van der Waals surface area contributed by atoms with Gasteiger partial charge in [-0.3, -0.25) is 9.59 Å². The summed E-state index contributed by atoms with van der Waals surface area (Å²) >= 11 is 3.32. The molecule has 0 radical (unpaired) electrons. The van der Waals surface area contributed by atoms with Gasteiger partial charge in [0.25, 0.3) is 11.8 Å². The van der Waals surface area contributed by atoms with Crippen LogP contribution in [0.25, 0.3) is 0 Å². The number of hydrogen-bond donors (Lipinski definition) is 2. The predicted molar refractivity (Wildman–Crippen MR) is 82.9 cm³/mol. The van der Waals surface area contributed by atoms with Crippen LogP contribution in [-0.4, -0.2) is 30.6 Å². The van der Waals surface area contributed by atoms with E-state index in [4.69, 9.17) is 9.26 Å². The highest BCUT2D eigenvalue weighted by molar-refractivity contribution is 9.10. The highest BCUT2D eigenvalue weighted by Gasteiger charge is 2.15. The van der Waals surface area contributed by atoms with Crippen LogP contribution in [-0.2, 0) is 4.79 Å². The number of aromatic nitrogens is 1. The van der Waals surface area contributed by atoms with E-state index in [1.165, 1.54) is 13.1 Å². The van der Waals surface area contributed by atoms with Crippen LogP contribution in [0.15, 0.2) is 33.3 Å². The first kappa shape index (κ1) is 16.0. The highest BCUT2D eigenvalue weighted by atomic mass is 79.9. The molecule has 0 unspecified atom stereocenters. The number of halogens is 1. The molecule has 7 nitrogen and oxygen atoms in total. The van der Waals surface area contributed by atoms with Crippen molar-refractivity contribution in [3.8, 4) is 5.75 Å². The Morgan fingerprint density at radius 3 is 2.77 bits per heavy atom. The van der Waals surface area contributed by atoms with E-state index >= 15 is 0 Å². The molecule has 2 aromatic rings. The van der Waals surface area contributed by atoms with E-state index < -0.39 is 5.91 Å². The molecule has 2 amide bonds. The summed E-state index contributed by atoms with van der Waals surface area (Å²) in [5.74, 6) is -0.263. The zero-order valence-corrected chi connectivity index (χ0v) is 13.6. The summed E-state index contributed by atoms with van der Waals surface area (Å²) in [7, 11) is 1.52. The molecule has 0 bridgehead atoms. The number of aryl methyl sites for hydroxylation is 1. The highest BCUT2D eigenvalue weighted by Crippen LogP contribution is 2.28. The van der Waals surface area contributed by atoms with Crippen molar-refractivity contribution in [1.82, 2.24) is 10.5 Å². The van der Waals surface area contributed by atoms with Gasteiger partial charge in [0.15, 0.2) is 6.61 Å². The second-order valence-electron chi connectivity index (χ2n) is 4.39. The summed E-state index contributed by atoms with van der Waals surface area (Å²) < 4.78 is 11.1. The SMILES string of the molecule is CNC(=O)COc1ccc(Br)cc1NC(=O)c1cc(C)no1. The number of nitrogens with zero attached hydrogens (tertiary/aromatic N) is 1. The first-order valence-corrected chi connectivity index (χ1v) is 7.16. The molecule has 0 spiro atoms. The Kier molecular flexibility index (Phi) is 5.16. The number of anilines is 1. The molecule has 116 valence electrons. The van der Waals surface area contributed by atoms with Crippen molar-refractivity contribution in [2.75, 3.05) is 19.0 Å². The molecule has 0 aliphatic carbocycles. The average Bonchev–Trinajstić information content (AvgIpc) is 2.92. The minimum atomic E-state index is -0.455. The van der Waals surface area contributed by atoms with Gasteiger partial charge >= 0.3 is 0 Å². The lowest BCUT2D eigenvalue weighted by molar-refractivity contribution is -0.122. The molecule has 2 rings (SSSR count). The molecule has 8 heteroatoms. The minimum absolute atomic E-state index is 0.0923. The first-order valence-electron chi connectivity index (χ1n) is 6.37. The third-order valence-corrected chi connectivity index (χ3v) is 3.17. The van der Waals surface area contributed by atoms with E-state index in [-0.39, 0.29) is 18.3 Å². The lowest BCUT2D eigenvalue weighted by Crippen LogP contribution is -2.25. The molecule has 0 atom stereocenters. The van der Waals surface area contributed by atoms with E-state index in [1.54, 1.807) is 25.1 Å². The molecular formula is C14H14BrN3O4. The zero-order valence-electron chi connectivity index (χ0n) is 12.0. The minimum Gasteiger partial charge on any atom is -0.482 e. The Morgan fingerprint density at radius 1 is 1.36 bits per heavy atom. The summed E-state index contributed by atoms with van der Waals surface area (Å²) in [4.78, 5) is 23.3. The Labute approximate surface area is 135 Å². The molecule has 2 N–H and O–H groups in total. The Balaban J connectivity index is 2.16. The van der Waals surface area contributed by atoms with Crippen molar-refractivity contribution in [1.29, 1.82) is 0 Å². The first-order chi connectivity index (χ1) is 10.5. The molecule has 0 fully saturated rings. The number of rotatable bonds is 5. The second kappa shape index (κ2) is 7.08. The van der Waals surface area contributed by atoms with Gasteiger partial charge in [0.05, 0.1) is 11.4 Å². The third kappa shape index (κ3) is 4.08. The molecule has 0 aliphatic rings. The Hall–Kier alpha value is -2.35. The molecule has 0 aliphatic heterocycles. The van der Waals surface area contributed by atoms with Crippen LogP contribution >= 0.6 is 15.9 Å². The quantitative estimate of drug-likeness (QED) is 0.843. The van der Waals surface area contributed by atoms with E-state index in [0.717, 1.165) is 4.47 Å². The van der Waals surface area contributed by atoms with Gasteiger partial charge in [0.2, 0.25) is 5.76 Å². The van der Waals surface area contributed by atoms with Crippen LogP contribution in [0.4, 0.5) is 5.69 Å². The van der Waals surface area contributed by atoms with Gasteiger partial charge in [0, 0.05) is 17.6 Å². The monoisotopic (exact) mass is 367 g/mol. The molecule has 1 heterocycles. The van der Waals surface area contributed by atoms with Gasteiger partial charge in [-0.2, -0.15) is 0 Å². The molecule has 1 aromatic carbocycles. The van der Waals surface area contributed by atoms with Gasteiger partial charge in [-0.05, 0) is 25.1 Å². The summed E-state index contributed by atoms with van der Waals surface area (Å²) in [6.45, 7) is 1.57. The van der Waals surface area contributed by atoms with Crippen molar-refractivity contribution < 1.29 is 18.8 Å². The number of nitrogens with one attached hydrogen (secondary N) is 2. The average molecular weight is 368 g/mol. The fourth-order valence-corrected chi connectivity index (χ4v) is 1.96. The topological polar surface area (TPSA) is 93.5 Å². The maximum Gasteiger partial charge on any atom is 0.294 e. The summed E-state index contributed by atoms with van der Waals surface area (Å²) in [5, 5.41) is 8.78. The van der Waals surface area contributed by atoms with E-state index in [1.807, 2.05) is 0 Å². The fraction of sp³-hybridized carbons (Fsp3) is 0.214. The Bertz CT molecular complexity index is 699. The normalized spacial score (nSPS) is 10.1. The van der Waals surface area contributed by atoms with E-state index in [9.17, 15) is 9.59 Å². The number of ether oxygens (including phenoxy) is 1. The molecule has 1 aromatic heterocycles. The number of amides is 2. The standard InChI is InChI=1S/C14H14BrN3O4/c1-8-5-12(22-18-8)14(20)17-10-6-9(15)3-4-11(10)21-7-13(19)16-2/h3-6H,7H2,1-2H3,(H,16,19)(H,17,20). The van der Waals surface area contributed by atoms with Crippen LogP contribution in [0.1, 0.15) is 16.2 Å². The maximum atomic E-state index is 12.1. The summed E-state index contributed by atoms with van der Waals surface area (Å²) in [6.07, 6.45) is 0. The zero-order chi connectivity index (χ0) is 16.1. The number of benzene rings is 1. The fourth-order valence-electron chi connectivity index (χ4n) is 1.60. The predicted octanol–water partition coefficient (Wildman–Crippen LogP) is 2.12. The van der Waals surface area contributed by atoms with Crippen LogP contribution in [0.2, 0.25) is 0 Å². The van der Waals surface area contributed by atoms with Gasteiger partial charge in [-0.25, -0.2) is 0 Å². The maximum absolute atomic E-state index is 12.1. The molecule has 0 saturated carbocycles. The number of likely N-dealkylation sites (N-methyl/N-ethyl adjacent to an activating group) is 1. The summed E-state index contributed by atoms with van der Waals surface area (Å²) in [6, 6.07) is 6.58. The van der Waals surface area contributed by atoms with Crippen molar-refractivity contribution in [3.63, 3.8) is 0 Å². The lowest BCUT2D eigenvalue weighted by atomic mass is 10.2. The van der Waals surface area contributed by atoms with E-state index in [0.29, 0.717) is 17.1 Å². The molecular weight excluding hydrogens is 354 g/mol. The van der Waals surface area contributed by atoms with Gasteiger partial charge < -0.3 is 19.9 Å². The van der Waals surface area contributed by atoms with E-state index in [2.05, 4.69) is 31.7 Å². The number of hydrogen-bond acceptors (Lipinski definition) is 5. The summed E-state index contributed by atoms with van der Waals surface area (Å²) in [5.41, 5.74) is 1.02. The van der Waals surface area contributed by atoms with Crippen molar-refractivity contribution in [3.05, 3.63) is 40.2 Å². The van der Waals surface area contributed by atoms with Crippen molar-refractivity contribution >= 4 is 33.4 Å². The lowest BCUT2D eigenvalue weighted by Gasteiger charge is -2.11. The van der Waals surface area contributed by atoms with Crippen molar-refractivity contribution in [2.45, 2.75) is 6.92 Å². The molecule has 0 saturated heterocycles. The number of carbonyl (C=O) groups is 2. The van der Waals surface area contributed by atoms with Crippen LogP contribution < -0.4 is 15.4 Å². The van der Waals surface area contributed by atoms with Crippen molar-refractivity contribution in [2.24, 2.45) is 0 Å². The van der Waals surface area contributed by atoms with Gasteiger partial charge in [-0.15, -0.1) is 0 Å². The molecule has 22 heavy (non-hydrogen) atoms. The number of carbonyl (C=O) groups excluding carboxylic acids is 2. The second-order valence-corrected chi connectivity index (χ2v) is 5.30. The van der Waals surface area contributed by atoms with Gasteiger partial charge in [0.1, 0.15) is 5.75 Å². The van der Waals surface area contributed by atoms with Gasteiger partial charge in [-0.1, -0.05) is 21.1 Å². The van der Waals surface area contributed by atoms with Crippen LogP contribution in [0.5, 0.6) is 5.75 Å². The van der Waals surface area contributed by atoms with Crippen LogP contribution in [0, 0.1) is 6.92 Å².